The van der Waals surface area contributed by atoms with E-state index in [1.807, 2.05) is 0 Å². The highest BCUT2D eigenvalue weighted by atomic mass is 19.3. The van der Waals surface area contributed by atoms with Gasteiger partial charge in [0, 0.05) is 0 Å². The van der Waals surface area contributed by atoms with Gasteiger partial charge in [0.05, 0.1) is 12.9 Å². The molecule has 0 saturated carbocycles. The number of alkyl halides is 2. The van der Waals surface area contributed by atoms with Gasteiger partial charge < -0.3 is 25.8 Å². The Kier molecular flexibility index (Phi) is 3.55. The van der Waals surface area contributed by atoms with Crippen LogP contribution in [0.25, 0.3) is 11.2 Å². The quantitative estimate of drug-likeness (QED) is 0.429. The zero-order chi connectivity index (χ0) is 16.9. The zero-order valence-electron chi connectivity index (χ0n) is 11.4. The molecule has 2 aromatic heterocycles. The van der Waals surface area contributed by atoms with E-state index in [1.54, 1.807) is 0 Å². The van der Waals surface area contributed by atoms with E-state index in [0.717, 1.165) is 10.9 Å². The molecule has 1 fully saturated rings. The first-order valence-electron chi connectivity index (χ1n) is 6.47. The van der Waals surface area contributed by atoms with Crippen LogP contribution >= 0.6 is 0 Å². The maximum Gasteiger partial charge on any atom is 0.280 e. The Balaban J connectivity index is 2.11. The number of aromatic amines is 1. The maximum atomic E-state index is 13.2. The summed E-state index contributed by atoms with van der Waals surface area (Å²) in [6.45, 7) is -1.22. The number of nitrogens with two attached hydrogens (primary N) is 1. The molecule has 3 rings (SSSR count). The number of hydrogen-bond acceptors (Lipinski definition) is 8. The minimum Gasteiger partial charge on any atom is -0.393 e. The Morgan fingerprint density at radius 3 is 2.78 bits per heavy atom. The van der Waals surface area contributed by atoms with Gasteiger partial charge in [-0.1, -0.05) is 0 Å². The molecule has 3 heterocycles. The van der Waals surface area contributed by atoms with E-state index in [0.29, 0.717) is 0 Å². The fourth-order valence-electron chi connectivity index (χ4n) is 2.54. The number of aromatic nitrogens is 4. The van der Waals surface area contributed by atoms with Crippen LogP contribution in [0.4, 0.5) is 14.7 Å². The number of rotatable bonds is 3. The molecule has 0 unspecified atom stereocenters. The van der Waals surface area contributed by atoms with E-state index < -0.39 is 42.6 Å². The lowest BCUT2D eigenvalue weighted by Gasteiger charge is -2.28. The van der Waals surface area contributed by atoms with Crippen molar-refractivity contribution in [3.05, 3.63) is 16.7 Å². The summed E-state index contributed by atoms with van der Waals surface area (Å²) in [4.78, 5) is 21.5. The summed E-state index contributed by atoms with van der Waals surface area (Å²) in [5.74, 6) is -0.250. The first-order valence-corrected chi connectivity index (χ1v) is 6.47. The van der Waals surface area contributed by atoms with Gasteiger partial charge in [-0.05, 0) is 0 Å². The maximum absolute atomic E-state index is 13.2. The van der Waals surface area contributed by atoms with E-state index in [4.69, 9.17) is 10.5 Å². The lowest BCUT2D eigenvalue weighted by atomic mass is 9.96. The Morgan fingerprint density at radius 1 is 1.52 bits per heavy atom. The van der Waals surface area contributed by atoms with Crippen LogP contribution in [-0.4, -0.2) is 65.7 Å². The monoisotopic (exact) mass is 333 g/mol. The van der Waals surface area contributed by atoms with Crippen molar-refractivity contribution in [3.63, 3.8) is 0 Å². The Morgan fingerprint density at radius 2 is 2.22 bits per heavy atom. The van der Waals surface area contributed by atoms with Crippen LogP contribution in [0.1, 0.15) is 6.23 Å². The van der Waals surface area contributed by atoms with Crippen molar-refractivity contribution < 1.29 is 28.8 Å². The smallest absolute Gasteiger partial charge is 0.280 e. The molecule has 1 aliphatic heterocycles. The first-order chi connectivity index (χ1) is 10.8. The summed E-state index contributed by atoms with van der Waals surface area (Å²) in [5, 5.41) is 29.1. The van der Waals surface area contributed by atoms with Crippen molar-refractivity contribution in [1.82, 2.24) is 19.5 Å². The molecule has 23 heavy (non-hydrogen) atoms. The number of nitrogens with one attached hydrogen (secondary N) is 1. The fraction of sp³-hybridized carbons (Fsp3) is 0.545. The van der Waals surface area contributed by atoms with Gasteiger partial charge in [-0.2, -0.15) is 4.98 Å². The van der Waals surface area contributed by atoms with Crippen molar-refractivity contribution in [2.75, 3.05) is 12.3 Å². The number of nitrogens with zero attached hydrogens (tertiary/aromatic N) is 3. The molecule has 0 spiro atoms. The molecule has 0 radical (unpaired) electrons. The number of nitrogen functional groups attached to an aromatic ring is 1. The van der Waals surface area contributed by atoms with Crippen molar-refractivity contribution >= 4 is 17.1 Å². The van der Waals surface area contributed by atoms with Gasteiger partial charge >= 0.3 is 0 Å². The van der Waals surface area contributed by atoms with Crippen molar-refractivity contribution in [2.24, 2.45) is 0 Å². The Hall–Kier alpha value is -2.15. The second kappa shape index (κ2) is 5.19. The summed E-state index contributed by atoms with van der Waals surface area (Å²) in [5.41, 5.74) is 1.83. The number of anilines is 1. The van der Waals surface area contributed by atoms with Gasteiger partial charge in [-0.15, -0.1) is 0 Å². The summed E-state index contributed by atoms with van der Waals surface area (Å²) in [7, 11) is 0. The van der Waals surface area contributed by atoms with Crippen LogP contribution in [0.3, 0.4) is 0 Å². The molecule has 1 aliphatic rings. The van der Waals surface area contributed by atoms with Crippen molar-refractivity contribution in [3.8, 4) is 0 Å². The second-order valence-electron chi connectivity index (χ2n) is 5.13. The van der Waals surface area contributed by atoms with Gasteiger partial charge in [0.1, 0.15) is 12.2 Å². The number of aliphatic hydroxyl groups is 3. The van der Waals surface area contributed by atoms with Gasteiger partial charge in [0.2, 0.25) is 5.95 Å². The zero-order valence-corrected chi connectivity index (χ0v) is 11.4. The molecular formula is C11H13F2N5O5. The first kappa shape index (κ1) is 15.7. The average Bonchev–Trinajstić information content (AvgIpc) is 3.01. The van der Waals surface area contributed by atoms with E-state index >= 15 is 0 Å². The van der Waals surface area contributed by atoms with Crippen LogP contribution in [0.2, 0.25) is 0 Å². The third-order valence-electron chi connectivity index (χ3n) is 3.80. The fourth-order valence-corrected chi connectivity index (χ4v) is 2.54. The van der Waals surface area contributed by atoms with Gasteiger partial charge in [0.25, 0.3) is 12.0 Å². The topological polar surface area (TPSA) is 160 Å². The highest BCUT2D eigenvalue weighted by Gasteiger charge is 2.60. The molecule has 0 aliphatic carbocycles. The molecule has 0 amide bonds. The third kappa shape index (κ3) is 2.10. The largest absolute Gasteiger partial charge is 0.393 e. The van der Waals surface area contributed by atoms with E-state index in [2.05, 4.69) is 15.0 Å². The molecule has 10 nitrogen and oxygen atoms in total. The minimum atomic E-state index is -3.27. The predicted octanol–water partition coefficient (Wildman–Crippen LogP) is -2.05. The summed E-state index contributed by atoms with van der Waals surface area (Å²) < 4.78 is 32.5. The summed E-state index contributed by atoms with van der Waals surface area (Å²) >= 11 is 0. The number of H-pyrrole nitrogens is 1. The molecule has 0 aromatic carbocycles. The molecule has 0 bridgehead atoms. The number of aliphatic hydroxyl groups excluding tert-OH is 3. The Bertz CT molecular complexity index is 795. The number of fused-ring (bicyclic) bond motifs is 1. The molecule has 12 heteroatoms. The summed E-state index contributed by atoms with van der Waals surface area (Å²) in [6, 6.07) is 0. The lowest BCUT2D eigenvalue weighted by molar-refractivity contribution is -0.194. The van der Waals surface area contributed by atoms with Crippen LogP contribution in [0, 0.1) is 0 Å². The molecular weight excluding hydrogens is 320 g/mol. The van der Waals surface area contributed by atoms with Gasteiger partial charge in [0.15, 0.2) is 23.0 Å². The van der Waals surface area contributed by atoms with Crippen LogP contribution in [0.15, 0.2) is 11.1 Å². The third-order valence-corrected chi connectivity index (χ3v) is 3.80. The number of halogens is 2. The molecule has 6 N–H and O–H groups in total. The van der Waals surface area contributed by atoms with Crippen molar-refractivity contribution in [2.45, 2.75) is 30.5 Å². The summed E-state index contributed by atoms with van der Waals surface area (Å²) in [6.07, 6.45) is -7.64. The van der Waals surface area contributed by atoms with Crippen LogP contribution < -0.4 is 11.3 Å². The van der Waals surface area contributed by atoms with Crippen LogP contribution in [0.5, 0.6) is 0 Å². The number of imidazole rings is 1. The molecule has 4 atom stereocenters. The van der Waals surface area contributed by atoms with E-state index in [1.165, 1.54) is 0 Å². The highest BCUT2D eigenvalue weighted by molar-refractivity contribution is 5.70. The number of ether oxygens (including phenoxy) is 1. The van der Waals surface area contributed by atoms with Crippen molar-refractivity contribution in [1.29, 1.82) is 0 Å². The Labute approximate surface area is 126 Å². The predicted molar refractivity (Wildman–Crippen MR) is 70.5 cm³/mol. The normalized spacial score (nSPS) is 31.3. The van der Waals surface area contributed by atoms with Gasteiger partial charge in [-0.25, -0.2) is 13.8 Å². The van der Waals surface area contributed by atoms with Crippen LogP contribution in [-0.2, 0) is 4.74 Å². The van der Waals surface area contributed by atoms with E-state index in [-0.39, 0.29) is 17.1 Å². The highest BCUT2D eigenvalue weighted by Crippen LogP contribution is 2.41. The van der Waals surface area contributed by atoms with Gasteiger partial charge in [-0.3, -0.25) is 14.3 Å². The van der Waals surface area contributed by atoms with E-state index in [9.17, 15) is 28.9 Å². The molecule has 2 aromatic rings. The average molecular weight is 333 g/mol. The second-order valence-corrected chi connectivity index (χ2v) is 5.13. The lowest BCUT2D eigenvalue weighted by Crippen LogP contribution is -2.52. The minimum absolute atomic E-state index is 0.120. The standard InChI is InChI=1S/C11H13F2N5O5/c12-9(13)11(1-19)5(21)4(20)8(23-11)18-2-15-3-6(18)16-10(14)17-7(3)22/h2,4-5,8-9,19-21H,1H2,(H3,14,16,17,22)/t4-,5-,8+,11+/m0/s1. The molecule has 126 valence electrons. The SMILES string of the molecule is Nc1nc2c(ncn2[C@@H]2O[C@@](CO)(C(F)F)[C@@H](O)[C@@H]2O)c(=O)[nH]1. The molecule has 1 saturated heterocycles. The number of hydrogen-bond donors (Lipinski definition) is 5.